The highest BCUT2D eigenvalue weighted by molar-refractivity contribution is 5.23. The number of aliphatic hydroxyl groups is 1. The van der Waals surface area contributed by atoms with Crippen molar-refractivity contribution in [2.24, 2.45) is 5.73 Å². The molecule has 0 fully saturated rings. The third-order valence-electron chi connectivity index (χ3n) is 1.91. The first-order chi connectivity index (χ1) is 6.22. The second kappa shape index (κ2) is 4.97. The lowest BCUT2D eigenvalue weighted by molar-refractivity contribution is 0.142. The molecule has 0 bridgehead atoms. The lowest BCUT2D eigenvalue weighted by Gasteiger charge is -2.07. The van der Waals surface area contributed by atoms with Crippen molar-refractivity contribution >= 4 is 0 Å². The van der Waals surface area contributed by atoms with Crippen LogP contribution in [0.4, 0.5) is 0 Å². The number of aryl methyl sites for hydroxylation is 1. The average Bonchev–Trinajstić information content (AvgIpc) is 2.15. The Bertz CT molecular complexity index is 261. The molecule has 1 aromatic rings. The average molecular weight is 180 g/mol. The Hall–Kier alpha value is -0.900. The molecule has 4 N–H and O–H groups in total. The van der Waals surface area contributed by atoms with Gasteiger partial charge in [0.1, 0.15) is 0 Å². The van der Waals surface area contributed by atoms with Crippen LogP contribution in [0.15, 0.2) is 24.3 Å². The van der Waals surface area contributed by atoms with Gasteiger partial charge in [0.25, 0.3) is 0 Å². The Balaban J connectivity index is 2.56. The van der Waals surface area contributed by atoms with Gasteiger partial charge < -0.3 is 5.11 Å². The van der Waals surface area contributed by atoms with E-state index in [1.807, 2.05) is 12.1 Å². The minimum Gasteiger partial charge on any atom is -0.366 e. The van der Waals surface area contributed by atoms with E-state index in [9.17, 15) is 0 Å². The van der Waals surface area contributed by atoms with Gasteiger partial charge in [-0.3, -0.25) is 11.1 Å². The predicted molar refractivity (Wildman–Crippen MR) is 52.9 cm³/mol. The summed E-state index contributed by atoms with van der Waals surface area (Å²) in [6, 6.07) is 8.21. The van der Waals surface area contributed by atoms with Gasteiger partial charge in [-0.2, -0.15) is 0 Å². The zero-order valence-electron chi connectivity index (χ0n) is 7.83. The molecule has 0 saturated heterocycles. The number of aliphatic hydroxyl groups excluding tert-OH is 1. The number of nitrogens with one attached hydrogen (secondary N) is 1. The van der Waals surface area contributed by atoms with Crippen molar-refractivity contribution in [2.45, 2.75) is 26.2 Å². The van der Waals surface area contributed by atoms with Crippen LogP contribution >= 0.6 is 0 Å². The Labute approximate surface area is 78.6 Å². The quantitative estimate of drug-likeness (QED) is 0.594. The molecule has 0 radical (unpaired) electrons. The molecule has 0 saturated carbocycles. The van der Waals surface area contributed by atoms with E-state index in [-0.39, 0.29) is 0 Å². The summed E-state index contributed by atoms with van der Waals surface area (Å²) in [5.74, 6) is 0. The summed E-state index contributed by atoms with van der Waals surface area (Å²) < 4.78 is 0. The van der Waals surface area contributed by atoms with Crippen LogP contribution < -0.4 is 11.1 Å². The van der Waals surface area contributed by atoms with Gasteiger partial charge in [0, 0.05) is 6.54 Å². The number of hydrogen-bond acceptors (Lipinski definition) is 3. The highest BCUT2D eigenvalue weighted by Gasteiger charge is 1.96. The lowest BCUT2D eigenvalue weighted by atomic mass is 10.1. The monoisotopic (exact) mass is 180 g/mol. The van der Waals surface area contributed by atoms with E-state index < -0.39 is 6.35 Å². The minimum absolute atomic E-state index is 0.603. The Morgan fingerprint density at radius 3 is 2.77 bits per heavy atom. The molecule has 0 heterocycles. The fraction of sp³-hybridized carbons (Fsp3) is 0.400. The molecule has 1 unspecified atom stereocenters. The molecule has 72 valence electrons. The van der Waals surface area contributed by atoms with E-state index in [1.54, 1.807) is 0 Å². The number of rotatable bonds is 4. The second-order valence-corrected chi connectivity index (χ2v) is 3.00. The van der Waals surface area contributed by atoms with E-state index in [0.29, 0.717) is 6.54 Å². The van der Waals surface area contributed by atoms with Crippen LogP contribution in [0.5, 0.6) is 0 Å². The molecule has 0 aliphatic heterocycles. The van der Waals surface area contributed by atoms with E-state index in [4.69, 9.17) is 10.8 Å². The maximum Gasteiger partial charge on any atom is 0.158 e. The van der Waals surface area contributed by atoms with Gasteiger partial charge in [-0.15, -0.1) is 0 Å². The third-order valence-corrected chi connectivity index (χ3v) is 1.91. The van der Waals surface area contributed by atoms with Gasteiger partial charge in [-0.1, -0.05) is 31.2 Å². The van der Waals surface area contributed by atoms with Crippen LogP contribution in [0.2, 0.25) is 0 Å². The summed E-state index contributed by atoms with van der Waals surface area (Å²) in [7, 11) is 0. The number of hydrogen-bond donors (Lipinski definition) is 3. The first-order valence-electron chi connectivity index (χ1n) is 4.47. The lowest BCUT2D eigenvalue weighted by Crippen LogP contribution is -2.36. The van der Waals surface area contributed by atoms with Gasteiger partial charge in [-0.05, 0) is 17.5 Å². The van der Waals surface area contributed by atoms with Gasteiger partial charge in [0.2, 0.25) is 0 Å². The van der Waals surface area contributed by atoms with Crippen molar-refractivity contribution in [2.75, 3.05) is 0 Å². The largest absolute Gasteiger partial charge is 0.366 e. The van der Waals surface area contributed by atoms with Crippen LogP contribution in [0.1, 0.15) is 18.1 Å². The first kappa shape index (κ1) is 10.2. The van der Waals surface area contributed by atoms with Gasteiger partial charge in [-0.25, -0.2) is 0 Å². The third kappa shape index (κ3) is 3.55. The molecule has 0 aromatic heterocycles. The van der Waals surface area contributed by atoms with Crippen molar-refractivity contribution in [3.8, 4) is 0 Å². The molecule has 3 heteroatoms. The highest BCUT2D eigenvalue weighted by Crippen LogP contribution is 2.05. The molecule has 3 nitrogen and oxygen atoms in total. The van der Waals surface area contributed by atoms with E-state index >= 15 is 0 Å². The molecule has 1 aromatic carbocycles. The molecule has 0 spiro atoms. The van der Waals surface area contributed by atoms with Gasteiger partial charge in [0.05, 0.1) is 0 Å². The molecule has 1 rings (SSSR count). The van der Waals surface area contributed by atoms with E-state index in [1.165, 1.54) is 5.56 Å². The second-order valence-electron chi connectivity index (χ2n) is 3.00. The molecule has 1 atom stereocenters. The zero-order chi connectivity index (χ0) is 9.68. The Kier molecular flexibility index (Phi) is 3.89. The Morgan fingerprint density at radius 2 is 2.15 bits per heavy atom. The topological polar surface area (TPSA) is 58.3 Å². The molecule has 13 heavy (non-hydrogen) atoms. The van der Waals surface area contributed by atoms with E-state index in [2.05, 4.69) is 24.4 Å². The smallest absolute Gasteiger partial charge is 0.158 e. The van der Waals surface area contributed by atoms with Crippen LogP contribution in [0.3, 0.4) is 0 Å². The normalized spacial score (nSPS) is 12.8. The summed E-state index contributed by atoms with van der Waals surface area (Å²) in [4.78, 5) is 0. The summed E-state index contributed by atoms with van der Waals surface area (Å²) >= 11 is 0. The fourth-order valence-electron chi connectivity index (χ4n) is 1.18. The van der Waals surface area contributed by atoms with Crippen LogP contribution in [-0.4, -0.2) is 11.5 Å². The summed E-state index contributed by atoms with van der Waals surface area (Å²) in [6.07, 6.45) is 0.0873. The standard InChI is InChI=1S/C10H16N2O/c1-2-8-4-3-5-9(6-8)7-12-10(11)13/h3-6,10,12-13H,2,7,11H2,1H3. The molecular weight excluding hydrogens is 164 g/mol. The first-order valence-corrected chi connectivity index (χ1v) is 4.47. The SMILES string of the molecule is CCc1cccc(CNC(N)O)c1. The predicted octanol–water partition coefficient (Wildman–Crippen LogP) is 0.573. The Morgan fingerprint density at radius 1 is 1.46 bits per heavy atom. The summed E-state index contributed by atoms with van der Waals surface area (Å²) in [5, 5.41) is 11.6. The van der Waals surface area contributed by atoms with Crippen molar-refractivity contribution in [3.63, 3.8) is 0 Å². The maximum absolute atomic E-state index is 8.81. The van der Waals surface area contributed by atoms with Crippen LogP contribution in [-0.2, 0) is 13.0 Å². The van der Waals surface area contributed by atoms with Crippen molar-refractivity contribution in [3.05, 3.63) is 35.4 Å². The van der Waals surface area contributed by atoms with Crippen molar-refractivity contribution in [1.82, 2.24) is 5.32 Å². The minimum atomic E-state index is -0.940. The van der Waals surface area contributed by atoms with Crippen molar-refractivity contribution in [1.29, 1.82) is 0 Å². The number of benzene rings is 1. The highest BCUT2D eigenvalue weighted by atomic mass is 16.3. The van der Waals surface area contributed by atoms with Crippen LogP contribution in [0.25, 0.3) is 0 Å². The van der Waals surface area contributed by atoms with Gasteiger partial charge in [0.15, 0.2) is 6.35 Å². The van der Waals surface area contributed by atoms with Crippen molar-refractivity contribution < 1.29 is 5.11 Å². The van der Waals surface area contributed by atoms with E-state index in [0.717, 1.165) is 12.0 Å². The maximum atomic E-state index is 8.81. The molecular formula is C10H16N2O. The summed E-state index contributed by atoms with van der Waals surface area (Å²) in [6.45, 7) is 2.72. The molecule has 0 aliphatic carbocycles. The summed E-state index contributed by atoms with van der Waals surface area (Å²) in [5.41, 5.74) is 7.59. The molecule has 0 amide bonds. The fourth-order valence-corrected chi connectivity index (χ4v) is 1.18. The number of nitrogens with two attached hydrogens (primary N) is 1. The molecule has 0 aliphatic rings. The van der Waals surface area contributed by atoms with Crippen LogP contribution in [0, 0.1) is 0 Å². The van der Waals surface area contributed by atoms with Gasteiger partial charge >= 0.3 is 0 Å². The zero-order valence-corrected chi connectivity index (χ0v) is 7.83.